The number of carbonyl (C=O) groups is 2. The fraction of sp³-hybridized carbons (Fsp3) is 0.174. The number of fused-ring (bicyclic) bond motifs is 3. The highest BCUT2D eigenvalue weighted by Gasteiger charge is 2.19. The topological polar surface area (TPSA) is 105 Å². The molecule has 0 radical (unpaired) electrons. The van der Waals surface area contributed by atoms with Gasteiger partial charge in [-0.3, -0.25) is 9.59 Å². The number of aromatic nitrogens is 2. The van der Waals surface area contributed by atoms with Gasteiger partial charge in [-0.25, -0.2) is 4.98 Å². The number of carbonyl (C=O) groups excluding carboxylic acids is 2. The summed E-state index contributed by atoms with van der Waals surface area (Å²) in [6.07, 6.45) is 1.62. The van der Waals surface area contributed by atoms with E-state index >= 15 is 0 Å². The molecule has 0 bridgehead atoms. The molecule has 31 heavy (non-hydrogen) atoms. The maximum absolute atomic E-state index is 12.7. The third-order valence-electron chi connectivity index (χ3n) is 5.02. The van der Waals surface area contributed by atoms with Gasteiger partial charge in [0.15, 0.2) is 11.5 Å². The maximum Gasteiger partial charge on any atom is 0.270 e. The highest BCUT2D eigenvalue weighted by Crippen LogP contribution is 2.29. The summed E-state index contributed by atoms with van der Waals surface area (Å²) in [5.41, 5.74) is 2.58. The number of benzene rings is 2. The molecule has 0 spiro atoms. The Balaban J connectivity index is 1.47. The first-order chi connectivity index (χ1) is 15.0. The lowest BCUT2D eigenvalue weighted by molar-refractivity contribution is -0.117. The van der Waals surface area contributed by atoms with E-state index in [4.69, 9.17) is 9.47 Å². The van der Waals surface area contributed by atoms with Crippen LogP contribution in [-0.4, -0.2) is 42.0 Å². The average molecular weight is 418 g/mol. The lowest BCUT2D eigenvalue weighted by Gasteiger charge is -2.15. The molecule has 0 aliphatic heterocycles. The Morgan fingerprint density at radius 2 is 1.74 bits per heavy atom. The first-order valence-corrected chi connectivity index (χ1v) is 9.70. The molecule has 1 unspecified atom stereocenters. The zero-order valence-corrected chi connectivity index (χ0v) is 17.4. The quantitative estimate of drug-likeness (QED) is 0.445. The first-order valence-electron chi connectivity index (χ1n) is 9.70. The molecule has 0 saturated carbocycles. The molecule has 3 N–H and O–H groups in total. The van der Waals surface area contributed by atoms with Crippen molar-refractivity contribution in [3.05, 3.63) is 60.4 Å². The van der Waals surface area contributed by atoms with Crippen molar-refractivity contribution < 1.29 is 19.1 Å². The number of methoxy groups -OCH3 is 2. The molecule has 2 aromatic carbocycles. The minimum atomic E-state index is -0.777. The number of para-hydroxylation sites is 1. The van der Waals surface area contributed by atoms with Gasteiger partial charge in [0.25, 0.3) is 5.91 Å². The van der Waals surface area contributed by atoms with Crippen molar-refractivity contribution in [2.24, 2.45) is 0 Å². The Bertz CT molecular complexity index is 1280. The Morgan fingerprint density at radius 3 is 2.52 bits per heavy atom. The molecule has 8 heteroatoms. The number of rotatable bonds is 6. The monoisotopic (exact) mass is 418 g/mol. The third kappa shape index (κ3) is 4.00. The molecule has 0 aliphatic carbocycles. The van der Waals surface area contributed by atoms with Crippen LogP contribution in [0.2, 0.25) is 0 Å². The van der Waals surface area contributed by atoms with Crippen LogP contribution in [0.15, 0.2) is 54.7 Å². The molecule has 0 fully saturated rings. The first kappa shape index (κ1) is 20.2. The molecular weight excluding hydrogens is 396 g/mol. The van der Waals surface area contributed by atoms with E-state index in [1.165, 1.54) is 14.2 Å². The van der Waals surface area contributed by atoms with Crippen molar-refractivity contribution in [3.63, 3.8) is 0 Å². The third-order valence-corrected chi connectivity index (χ3v) is 5.02. The number of nitrogens with one attached hydrogen (secondary N) is 3. The van der Waals surface area contributed by atoms with Crippen molar-refractivity contribution >= 4 is 39.3 Å². The van der Waals surface area contributed by atoms with E-state index in [1.54, 1.807) is 37.4 Å². The molecule has 0 saturated heterocycles. The Hall–Kier alpha value is -4.07. The number of nitrogens with zero attached hydrogens (tertiary/aromatic N) is 1. The van der Waals surface area contributed by atoms with Gasteiger partial charge in [-0.1, -0.05) is 18.2 Å². The molecule has 0 aliphatic rings. The summed E-state index contributed by atoms with van der Waals surface area (Å²) >= 11 is 0. The molecule has 8 nitrogen and oxygen atoms in total. The fourth-order valence-electron chi connectivity index (χ4n) is 3.37. The van der Waals surface area contributed by atoms with Crippen molar-refractivity contribution in [2.45, 2.75) is 13.0 Å². The van der Waals surface area contributed by atoms with Gasteiger partial charge in [-0.05, 0) is 31.2 Å². The Labute approximate surface area is 178 Å². The fourth-order valence-corrected chi connectivity index (χ4v) is 3.37. The predicted molar refractivity (Wildman–Crippen MR) is 119 cm³/mol. The van der Waals surface area contributed by atoms with Crippen molar-refractivity contribution in [3.8, 4) is 11.5 Å². The van der Waals surface area contributed by atoms with Gasteiger partial charge < -0.3 is 25.1 Å². The minimum absolute atomic E-state index is 0.239. The molecule has 4 rings (SSSR count). The Morgan fingerprint density at radius 1 is 0.968 bits per heavy atom. The van der Waals surface area contributed by atoms with Crippen LogP contribution in [0.5, 0.6) is 11.5 Å². The predicted octanol–water partition coefficient (Wildman–Crippen LogP) is 3.49. The van der Waals surface area contributed by atoms with Crippen LogP contribution in [0.4, 0.5) is 5.69 Å². The zero-order chi connectivity index (χ0) is 22.0. The average Bonchev–Trinajstić information content (AvgIpc) is 3.16. The van der Waals surface area contributed by atoms with E-state index in [2.05, 4.69) is 20.6 Å². The summed E-state index contributed by atoms with van der Waals surface area (Å²) in [5.74, 6) is 0.254. The van der Waals surface area contributed by atoms with Crippen LogP contribution in [-0.2, 0) is 4.79 Å². The summed E-state index contributed by atoms with van der Waals surface area (Å²) in [6, 6.07) is 13.8. The molecule has 1 atom stereocenters. The number of hydrogen-bond acceptors (Lipinski definition) is 5. The normalized spacial score (nSPS) is 11.8. The van der Waals surface area contributed by atoms with E-state index in [1.807, 2.05) is 24.3 Å². The number of H-pyrrole nitrogens is 1. The van der Waals surface area contributed by atoms with Crippen molar-refractivity contribution in [2.75, 3.05) is 19.5 Å². The van der Waals surface area contributed by atoms with E-state index < -0.39 is 11.9 Å². The van der Waals surface area contributed by atoms with Crippen LogP contribution in [0, 0.1) is 0 Å². The summed E-state index contributed by atoms with van der Waals surface area (Å²) in [6.45, 7) is 1.61. The second kappa shape index (κ2) is 8.35. The van der Waals surface area contributed by atoms with Gasteiger partial charge in [0.05, 0.1) is 25.9 Å². The lowest BCUT2D eigenvalue weighted by Crippen LogP contribution is -2.41. The van der Waals surface area contributed by atoms with Crippen LogP contribution in [0.1, 0.15) is 17.4 Å². The van der Waals surface area contributed by atoms with Gasteiger partial charge >= 0.3 is 0 Å². The summed E-state index contributed by atoms with van der Waals surface area (Å²) in [5, 5.41) is 7.36. The van der Waals surface area contributed by atoms with E-state index in [-0.39, 0.29) is 11.6 Å². The summed E-state index contributed by atoms with van der Waals surface area (Å²) in [4.78, 5) is 32.8. The number of hydrogen-bond donors (Lipinski definition) is 3. The highest BCUT2D eigenvalue weighted by molar-refractivity contribution is 6.09. The molecule has 2 aromatic heterocycles. The van der Waals surface area contributed by atoms with E-state index in [9.17, 15) is 9.59 Å². The van der Waals surface area contributed by atoms with E-state index in [0.29, 0.717) is 17.2 Å². The number of anilines is 1. The van der Waals surface area contributed by atoms with Crippen LogP contribution in [0.3, 0.4) is 0 Å². The Kier molecular flexibility index (Phi) is 5.44. The van der Waals surface area contributed by atoms with Gasteiger partial charge in [0, 0.05) is 28.0 Å². The van der Waals surface area contributed by atoms with Gasteiger partial charge in [-0.2, -0.15) is 0 Å². The highest BCUT2D eigenvalue weighted by atomic mass is 16.5. The number of amides is 2. The maximum atomic E-state index is 12.7. The van der Waals surface area contributed by atoms with Gasteiger partial charge in [0.2, 0.25) is 5.91 Å². The second-order valence-electron chi connectivity index (χ2n) is 7.04. The lowest BCUT2D eigenvalue weighted by atomic mass is 10.1. The zero-order valence-electron chi connectivity index (χ0n) is 17.4. The van der Waals surface area contributed by atoms with Crippen LogP contribution >= 0.6 is 0 Å². The van der Waals surface area contributed by atoms with Crippen LogP contribution < -0.4 is 20.1 Å². The summed E-state index contributed by atoms with van der Waals surface area (Å²) < 4.78 is 10.4. The number of pyridine rings is 1. The van der Waals surface area contributed by atoms with Gasteiger partial charge in [-0.15, -0.1) is 0 Å². The number of aromatic amines is 1. The smallest absolute Gasteiger partial charge is 0.270 e. The largest absolute Gasteiger partial charge is 0.493 e. The van der Waals surface area contributed by atoms with Crippen LogP contribution in [0.25, 0.3) is 21.8 Å². The second-order valence-corrected chi connectivity index (χ2v) is 7.04. The van der Waals surface area contributed by atoms with Gasteiger partial charge in [0.1, 0.15) is 11.7 Å². The standard InChI is InChI=1S/C23H22N4O4/c1-13(22(28)26-14-8-9-20(30-2)21(10-14)31-3)25-23(29)18-11-16-15-6-4-5-7-17(15)27-19(16)12-24-18/h4-13,27H,1-3H3,(H,25,29)(H,26,28). The molecule has 4 aromatic rings. The van der Waals surface area contributed by atoms with Crippen molar-refractivity contribution in [1.29, 1.82) is 0 Å². The molecule has 158 valence electrons. The molecular formula is C23H22N4O4. The SMILES string of the molecule is COc1ccc(NC(=O)C(C)NC(=O)c2cc3c(cn2)[nH]c2ccccc23)cc1OC. The number of ether oxygens (including phenoxy) is 2. The van der Waals surface area contributed by atoms with E-state index in [0.717, 1.165) is 21.8 Å². The molecule has 2 heterocycles. The van der Waals surface area contributed by atoms with Crippen molar-refractivity contribution in [1.82, 2.24) is 15.3 Å². The molecule has 2 amide bonds. The summed E-state index contributed by atoms with van der Waals surface area (Å²) in [7, 11) is 3.05. The minimum Gasteiger partial charge on any atom is -0.493 e.